The molecule has 0 aliphatic heterocycles. The molecule has 3 heterocycles. The van der Waals surface area contributed by atoms with Crippen LogP contribution in [-0.4, -0.2) is 42.2 Å². The molecule has 0 radical (unpaired) electrons. The molecule has 132 valence electrons. The molecule has 0 aliphatic carbocycles. The van der Waals surface area contributed by atoms with Crippen molar-refractivity contribution in [1.29, 1.82) is 0 Å². The largest absolute Gasteiger partial charge is 0.336 e. The first-order valence-corrected chi connectivity index (χ1v) is 7.72. The fourth-order valence-electron chi connectivity index (χ4n) is 2.54. The van der Waals surface area contributed by atoms with Crippen molar-refractivity contribution in [3.63, 3.8) is 0 Å². The van der Waals surface area contributed by atoms with Crippen molar-refractivity contribution in [2.75, 3.05) is 7.05 Å². The van der Waals surface area contributed by atoms with Crippen LogP contribution >= 0.6 is 11.6 Å². The lowest BCUT2D eigenvalue weighted by Gasteiger charge is -2.17. The van der Waals surface area contributed by atoms with E-state index in [1.165, 1.54) is 23.4 Å². The summed E-state index contributed by atoms with van der Waals surface area (Å²) in [5.41, 5.74) is 0.981. The molecule has 3 rings (SSSR count). The van der Waals surface area contributed by atoms with E-state index in [4.69, 9.17) is 11.6 Å². The van der Waals surface area contributed by atoms with Crippen LogP contribution < -0.4 is 0 Å². The van der Waals surface area contributed by atoms with Crippen LogP contribution in [0.25, 0.3) is 5.65 Å². The summed E-state index contributed by atoms with van der Waals surface area (Å²) in [4.78, 5) is 18.3. The molecule has 0 unspecified atom stereocenters. The van der Waals surface area contributed by atoms with E-state index in [1.807, 2.05) is 0 Å². The summed E-state index contributed by atoms with van der Waals surface area (Å²) in [5, 5.41) is 8.36. The number of rotatable bonds is 4. The lowest BCUT2D eigenvalue weighted by atomic mass is 10.2. The third kappa shape index (κ3) is 3.07. The van der Waals surface area contributed by atoms with Crippen molar-refractivity contribution < 1.29 is 13.6 Å². The maximum Gasteiger partial charge on any atom is 0.280 e. The number of amides is 1. The van der Waals surface area contributed by atoms with Crippen molar-refractivity contribution in [3.8, 4) is 0 Å². The molecule has 7 nitrogen and oxygen atoms in total. The average molecular weight is 369 g/mol. The Balaban J connectivity index is 1.97. The highest BCUT2D eigenvalue weighted by molar-refractivity contribution is 6.31. The zero-order chi connectivity index (χ0) is 18.3. The van der Waals surface area contributed by atoms with Gasteiger partial charge in [-0.15, -0.1) is 0 Å². The number of nitrogens with zero attached hydrogens (tertiary/aromatic N) is 6. The van der Waals surface area contributed by atoms with Crippen LogP contribution in [0.5, 0.6) is 0 Å². The predicted molar refractivity (Wildman–Crippen MR) is 86.7 cm³/mol. The molecule has 0 aromatic carbocycles. The van der Waals surface area contributed by atoms with E-state index in [2.05, 4.69) is 15.2 Å². The van der Waals surface area contributed by atoms with E-state index < -0.39 is 12.3 Å². The van der Waals surface area contributed by atoms with Crippen LogP contribution in [0.2, 0.25) is 5.02 Å². The second-order valence-corrected chi connectivity index (χ2v) is 6.05. The van der Waals surface area contributed by atoms with Crippen molar-refractivity contribution in [3.05, 3.63) is 46.1 Å². The lowest BCUT2D eigenvalue weighted by Crippen LogP contribution is -2.27. The van der Waals surface area contributed by atoms with Crippen molar-refractivity contribution in [2.45, 2.75) is 19.9 Å². The third-order valence-electron chi connectivity index (χ3n) is 3.83. The monoisotopic (exact) mass is 368 g/mol. The summed E-state index contributed by atoms with van der Waals surface area (Å²) in [6.07, 6.45) is 0.0137. The summed E-state index contributed by atoms with van der Waals surface area (Å²) in [7, 11) is 3.30. The summed E-state index contributed by atoms with van der Waals surface area (Å²) < 4.78 is 28.9. The third-order valence-corrected chi connectivity index (χ3v) is 4.14. The molecule has 0 atom stereocenters. The van der Waals surface area contributed by atoms with Gasteiger partial charge in [-0.1, -0.05) is 11.6 Å². The average Bonchev–Trinajstić information content (AvgIpc) is 3.11. The summed E-state index contributed by atoms with van der Waals surface area (Å²) in [5.74, 6) is -0.398. The van der Waals surface area contributed by atoms with Crippen molar-refractivity contribution >= 4 is 23.2 Å². The maximum absolute atomic E-state index is 13.2. The molecule has 0 aliphatic rings. The Hall–Kier alpha value is -2.55. The van der Waals surface area contributed by atoms with Crippen LogP contribution in [0.15, 0.2) is 18.5 Å². The Morgan fingerprint density at radius 2 is 2.08 bits per heavy atom. The van der Waals surface area contributed by atoms with Gasteiger partial charge >= 0.3 is 0 Å². The molecule has 0 fully saturated rings. The van der Waals surface area contributed by atoms with Crippen LogP contribution in [0.4, 0.5) is 8.78 Å². The van der Waals surface area contributed by atoms with Crippen molar-refractivity contribution in [1.82, 2.24) is 29.3 Å². The fraction of sp³-hybridized carbons (Fsp3) is 0.333. The SMILES string of the molecule is Cc1cc(C(F)F)n2ncc(C(=O)N(C)Cc3c(Cl)cnn3C)c2n1. The van der Waals surface area contributed by atoms with Gasteiger partial charge in [-0.25, -0.2) is 18.3 Å². The second-order valence-electron chi connectivity index (χ2n) is 5.64. The van der Waals surface area contributed by atoms with Gasteiger partial charge in [0.2, 0.25) is 0 Å². The number of hydrogen-bond acceptors (Lipinski definition) is 4. The standard InChI is InChI=1S/C15H15ClF2N6O/c1-8-4-11(13(17)18)24-14(21-8)9(5-20-24)15(25)22(2)7-12-10(16)6-19-23(12)3/h4-6,13H,7H2,1-3H3. The lowest BCUT2D eigenvalue weighted by molar-refractivity contribution is 0.0783. The quantitative estimate of drug-likeness (QED) is 0.710. The minimum atomic E-state index is -2.72. The highest BCUT2D eigenvalue weighted by Crippen LogP contribution is 2.23. The molecule has 0 saturated heterocycles. The first-order chi connectivity index (χ1) is 11.8. The summed E-state index contributed by atoms with van der Waals surface area (Å²) in [6.45, 7) is 1.80. The molecule has 10 heteroatoms. The Kier molecular flexibility index (Phi) is 4.42. The number of halogens is 3. The van der Waals surface area contributed by atoms with E-state index in [1.54, 1.807) is 25.7 Å². The Morgan fingerprint density at radius 1 is 1.36 bits per heavy atom. The van der Waals surface area contributed by atoms with Crippen LogP contribution in [0.3, 0.4) is 0 Å². The maximum atomic E-state index is 13.2. The molecular weight excluding hydrogens is 354 g/mol. The van der Waals surface area contributed by atoms with Crippen LogP contribution in [0, 0.1) is 6.92 Å². The van der Waals surface area contributed by atoms with Gasteiger partial charge in [0.1, 0.15) is 11.3 Å². The van der Waals surface area contributed by atoms with Gasteiger partial charge < -0.3 is 4.90 Å². The van der Waals surface area contributed by atoms with Crippen LogP contribution in [-0.2, 0) is 13.6 Å². The Bertz CT molecular complexity index is 932. The molecule has 0 bridgehead atoms. The van der Waals surface area contributed by atoms with E-state index in [0.717, 1.165) is 4.52 Å². The number of aromatic nitrogens is 5. The second kappa shape index (κ2) is 6.40. The number of alkyl halides is 2. The fourth-order valence-corrected chi connectivity index (χ4v) is 2.76. The highest BCUT2D eigenvalue weighted by Gasteiger charge is 2.23. The molecule has 0 N–H and O–H groups in total. The van der Waals surface area contributed by atoms with Gasteiger partial charge in [0.15, 0.2) is 5.65 Å². The van der Waals surface area contributed by atoms with Crippen LogP contribution in [0.1, 0.15) is 33.9 Å². The first kappa shape index (κ1) is 17.3. The van der Waals surface area contributed by atoms with Gasteiger partial charge in [-0.05, 0) is 13.0 Å². The molecule has 25 heavy (non-hydrogen) atoms. The van der Waals surface area contributed by atoms with Gasteiger partial charge in [-0.3, -0.25) is 9.48 Å². The van der Waals surface area contributed by atoms with E-state index in [9.17, 15) is 13.6 Å². The number of carbonyl (C=O) groups is 1. The summed E-state index contributed by atoms with van der Waals surface area (Å²) >= 11 is 6.06. The molecule has 0 saturated carbocycles. The minimum Gasteiger partial charge on any atom is -0.336 e. The topological polar surface area (TPSA) is 68.3 Å². The highest BCUT2D eigenvalue weighted by atomic mass is 35.5. The predicted octanol–water partition coefficient (Wildman–Crippen LogP) is 2.63. The molecule has 1 amide bonds. The molecule has 3 aromatic heterocycles. The Morgan fingerprint density at radius 3 is 2.68 bits per heavy atom. The molecule has 3 aromatic rings. The Labute approximate surface area is 146 Å². The molecule has 0 spiro atoms. The smallest absolute Gasteiger partial charge is 0.280 e. The minimum absolute atomic E-state index is 0.100. The number of fused-ring (bicyclic) bond motifs is 1. The first-order valence-electron chi connectivity index (χ1n) is 7.35. The number of aryl methyl sites for hydroxylation is 2. The van der Waals surface area contributed by atoms with Gasteiger partial charge in [0.05, 0.1) is 29.7 Å². The number of carbonyl (C=O) groups excluding carboxylic acids is 1. The van der Waals surface area contributed by atoms with Gasteiger partial charge in [-0.2, -0.15) is 10.2 Å². The van der Waals surface area contributed by atoms with Crippen molar-refractivity contribution in [2.24, 2.45) is 7.05 Å². The van der Waals surface area contributed by atoms with Gasteiger partial charge in [0, 0.05) is 19.8 Å². The zero-order valence-corrected chi connectivity index (χ0v) is 14.5. The molecular formula is C15H15ClF2N6O. The van der Waals surface area contributed by atoms with Gasteiger partial charge in [0.25, 0.3) is 12.3 Å². The van der Waals surface area contributed by atoms with E-state index >= 15 is 0 Å². The van der Waals surface area contributed by atoms with E-state index in [-0.39, 0.29) is 23.4 Å². The normalized spacial score (nSPS) is 11.5. The van der Waals surface area contributed by atoms with E-state index in [0.29, 0.717) is 16.4 Å². The summed E-state index contributed by atoms with van der Waals surface area (Å²) in [6, 6.07) is 1.25. The zero-order valence-electron chi connectivity index (χ0n) is 13.7. The number of hydrogen-bond donors (Lipinski definition) is 0.